The second-order valence-electron chi connectivity index (χ2n) is 3.48. The molecule has 17 heavy (non-hydrogen) atoms. The van der Waals surface area contributed by atoms with Crippen LogP contribution >= 0.6 is 0 Å². The van der Waals surface area contributed by atoms with Crippen molar-refractivity contribution in [3.05, 3.63) is 40.3 Å². The Balaban J connectivity index is 2.11. The van der Waals surface area contributed by atoms with Gasteiger partial charge in [-0.15, -0.1) is 0 Å². The van der Waals surface area contributed by atoms with Gasteiger partial charge in [-0.3, -0.25) is 15.0 Å². The van der Waals surface area contributed by atoms with E-state index in [0.29, 0.717) is 0 Å². The quantitative estimate of drug-likeness (QED) is 0.771. The molecule has 0 fully saturated rings. The summed E-state index contributed by atoms with van der Waals surface area (Å²) < 4.78 is 4.78. The zero-order chi connectivity index (χ0) is 11.8. The Hall–Kier alpha value is -2.63. The molecule has 0 radical (unpaired) electrons. The first-order chi connectivity index (χ1) is 8.24. The van der Waals surface area contributed by atoms with Crippen molar-refractivity contribution in [3.8, 4) is 5.88 Å². The fourth-order valence-electron chi connectivity index (χ4n) is 1.63. The lowest BCUT2D eigenvalue weighted by atomic mass is 10.1. The van der Waals surface area contributed by atoms with Crippen LogP contribution in [0.1, 0.15) is 11.3 Å². The molecule has 0 bridgehead atoms. The van der Waals surface area contributed by atoms with Gasteiger partial charge in [0.25, 0.3) is 0 Å². The molecule has 0 saturated carbocycles. The van der Waals surface area contributed by atoms with Crippen molar-refractivity contribution >= 4 is 23.6 Å². The van der Waals surface area contributed by atoms with Gasteiger partial charge in [-0.1, -0.05) is 0 Å². The second kappa shape index (κ2) is 3.44. The average molecular weight is 229 g/mol. The molecule has 0 aliphatic carbocycles. The highest BCUT2D eigenvalue weighted by Crippen LogP contribution is 2.32. The molecule has 3 rings (SSSR count). The van der Waals surface area contributed by atoms with E-state index in [4.69, 9.17) is 4.42 Å². The number of hydrogen-bond donors (Lipinski definition) is 2. The molecular weight excluding hydrogens is 222 g/mol. The van der Waals surface area contributed by atoms with Crippen LogP contribution in [0.25, 0.3) is 11.6 Å². The van der Waals surface area contributed by atoms with Crippen molar-refractivity contribution in [3.63, 3.8) is 0 Å². The van der Waals surface area contributed by atoms with Crippen LogP contribution in [-0.2, 0) is 0 Å². The van der Waals surface area contributed by atoms with Crippen LogP contribution < -0.4 is 5.76 Å². The number of allylic oxidation sites excluding steroid dienone is 1. The van der Waals surface area contributed by atoms with Gasteiger partial charge in [-0.05, 0) is 12.1 Å². The third-order valence-electron chi connectivity index (χ3n) is 2.40. The van der Waals surface area contributed by atoms with Gasteiger partial charge in [0.2, 0.25) is 5.88 Å². The molecule has 0 amide bonds. The molecule has 0 spiro atoms. The van der Waals surface area contributed by atoms with E-state index in [-0.39, 0.29) is 11.6 Å². The molecule has 0 saturated heterocycles. The number of aromatic hydroxyl groups is 1. The van der Waals surface area contributed by atoms with E-state index in [9.17, 15) is 9.90 Å². The summed E-state index contributed by atoms with van der Waals surface area (Å²) >= 11 is 0. The van der Waals surface area contributed by atoms with E-state index in [2.05, 4.69) is 15.0 Å². The van der Waals surface area contributed by atoms with E-state index in [1.54, 1.807) is 30.8 Å². The molecule has 3 heterocycles. The lowest BCUT2D eigenvalue weighted by Gasteiger charge is -1.96. The van der Waals surface area contributed by atoms with Gasteiger partial charge in [0.1, 0.15) is 0 Å². The minimum atomic E-state index is -0.695. The Bertz CT molecular complexity index is 694. The van der Waals surface area contributed by atoms with Crippen LogP contribution in [0.15, 0.2) is 32.7 Å². The first-order valence-electron chi connectivity index (χ1n) is 4.86. The summed E-state index contributed by atoms with van der Waals surface area (Å²) in [6.07, 6.45) is 6.45. The third-order valence-corrected chi connectivity index (χ3v) is 2.40. The van der Waals surface area contributed by atoms with Gasteiger partial charge in [-0.25, -0.2) is 4.79 Å². The number of aromatic nitrogens is 2. The highest BCUT2D eigenvalue weighted by atomic mass is 16.4. The molecule has 2 aromatic heterocycles. The van der Waals surface area contributed by atoms with Crippen molar-refractivity contribution in [1.29, 1.82) is 0 Å². The fourth-order valence-corrected chi connectivity index (χ4v) is 1.63. The summed E-state index contributed by atoms with van der Waals surface area (Å²) in [5.41, 5.74) is 2.37. The number of aromatic amines is 1. The summed E-state index contributed by atoms with van der Waals surface area (Å²) in [6.45, 7) is 0. The average Bonchev–Trinajstić information content (AvgIpc) is 2.85. The molecule has 6 nitrogen and oxygen atoms in total. The van der Waals surface area contributed by atoms with Crippen molar-refractivity contribution in [2.24, 2.45) is 4.99 Å². The standard InChI is InChI=1S/C11H7N3O3/c15-10-9(17-11(16)14-10)3-6-4-13-8-5-12-2-1-7(6)8/h1-5,15H,(H,14,16)/b6-3+. The van der Waals surface area contributed by atoms with Crippen LogP contribution in [-0.4, -0.2) is 21.3 Å². The lowest BCUT2D eigenvalue weighted by molar-refractivity contribution is 0.443. The Morgan fingerprint density at radius 3 is 3.12 bits per heavy atom. The highest BCUT2D eigenvalue weighted by molar-refractivity contribution is 6.21. The van der Waals surface area contributed by atoms with E-state index in [0.717, 1.165) is 16.8 Å². The predicted molar refractivity (Wildman–Crippen MR) is 61.3 cm³/mol. The monoisotopic (exact) mass is 229 g/mol. The van der Waals surface area contributed by atoms with Crippen molar-refractivity contribution in [2.45, 2.75) is 0 Å². The van der Waals surface area contributed by atoms with Crippen molar-refractivity contribution in [1.82, 2.24) is 9.97 Å². The van der Waals surface area contributed by atoms with Crippen LogP contribution in [0.3, 0.4) is 0 Å². The van der Waals surface area contributed by atoms with Crippen LogP contribution in [0, 0.1) is 0 Å². The van der Waals surface area contributed by atoms with Gasteiger partial charge in [0.15, 0.2) is 5.76 Å². The smallest absolute Gasteiger partial charge is 0.419 e. The maximum absolute atomic E-state index is 10.9. The maximum atomic E-state index is 10.9. The van der Waals surface area contributed by atoms with Crippen molar-refractivity contribution < 1.29 is 9.52 Å². The minimum absolute atomic E-state index is 0.0844. The molecule has 84 valence electrons. The molecule has 1 aliphatic rings. The third kappa shape index (κ3) is 1.55. The Kier molecular flexibility index (Phi) is 1.94. The van der Waals surface area contributed by atoms with Crippen molar-refractivity contribution in [2.75, 3.05) is 0 Å². The van der Waals surface area contributed by atoms with E-state index in [1.807, 2.05) is 0 Å². The normalized spacial score (nSPS) is 15.4. The number of hydrogen-bond acceptors (Lipinski definition) is 5. The predicted octanol–water partition coefficient (Wildman–Crippen LogP) is 1.32. The number of pyridine rings is 1. The van der Waals surface area contributed by atoms with Crippen LogP contribution in [0.2, 0.25) is 0 Å². The summed E-state index contributed by atoms with van der Waals surface area (Å²) in [6, 6.07) is 1.80. The lowest BCUT2D eigenvalue weighted by Crippen LogP contribution is -1.92. The van der Waals surface area contributed by atoms with Gasteiger partial charge in [0, 0.05) is 23.5 Å². The summed E-state index contributed by atoms with van der Waals surface area (Å²) in [4.78, 5) is 21.1. The minimum Gasteiger partial charge on any atom is -0.492 e. The number of rotatable bonds is 1. The summed E-state index contributed by atoms with van der Waals surface area (Å²) in [5, 5.41) is 9.39. The zero-order valence-electron chi connectivity index (χ0n) is 8.54. The number of fused-ring (bicyclic) bond motifs is 1. The first kappa shape index (κ1) is 9.59. The molecule has 0 aromatic carbocycles. The molecule has 6 heteroatoms. The summed E-state index contributed by atoms with van der Waals surface area (Å²) in [7, 11) is 0. The van der Waals surface area contributed by atoms with Gasteiger partial charge in [-0.2, -0.15) is 0 Å². The molecule has 0 unspecified atom stereocenters. The van der Waals surface area contributed by atoms with Crippen LogP contribution in [0.4, 0.5) is 5.69 Å². The number of oxazole rings is 1. The van der Waals surface area contributed by atoms with E-state index < -0.39 is 5.76 Å². The first-order valence-corrected chi connectivity index (χ1v) is 4.86. The molecule has 1 aliphatic heterocycles. The highest BCUT2D eigenvalue weighted by Gasteiger charge is 2.14. The topological polar surface area (TPSA) is 91.5 Å². The number of nitrogens with zero attached hydrogens (tertiary/aromatic N) is 2. The number of nitrogens with one attached hydrogen (secondary N) is 1. The van der Waals surface area contributed by atoms with E-state index in [1.165, 1.54) is 0 Å². The molecular formula is C11H7N3O3. The Labute approximate surface area is 95.0 Å². The van der Waals surface area contributed by atoms with Gasteiger partial charge < -0.3 is 9.52 Å². The second-order valence-corrected chi connectivity index (χ2v) is 3.48. The maximum Gasteiger partial charge on any atom is 0.419 e. The fraction of sp³-hybridized carbons (Fsp3) is 0. The summed E-state index contributed by atoms with van der Waals surface area (Å²) in [5.74, 6) is -0.904. The van der Waals surface area contributed by atoms with Gasteiger partial charge >= 0.3 is 5.76 Å². The number of H-pyrrole nitrogens is 1. The van der Waals surface area contributed by atoms with Crippen LogP contribution in [0.5, 0.6) is 5.88 Å². The molecule has 2 N–H and O–H groups in total. The molecule has 0 atom stereocenters. The Morgan fingerprint density at radius 2 is 2.35 bits per heavy atom. The largest absolute Gasteiger partial charge is 0.492 e. The van der Waals surface area contributed by atoms with Gasteiger partial charge in [0.05, 0.1) is 11.9 Å². The zero-order valence-corrected chi connectivity index (χ0v) is 8.54. The molecule has 2 aromatic rings. The van der Waals surface area contributed by atoms with E-state index >= 15 is 0 Å². The number of aliphatic imine (C=N–C) groups is 1. The SMILES string of the molecule is O=c1[nH]c(O)c(/C=C2\C=Nc3cnccc32)o1. The Morgan fingerprint density at radius 1 is 1.47 bits per heavy atom.